The number of nitriles is 1. The van der Waals surface area contributed by atoms with Crippen molar-refractivity contribution in [2.75, 3.05) is 38.7 Å². The number of rotatable bonds is 7. The number of fused-ring (bicyclic) bond motifs is 1. The molecule has 1 aliphatic rings. The second-order valence-corrected chi connectivity index (χ2v) is 8.12. The van der Waals surface area contributed by atoms with E-state index in [1.165, 1.54) is 6.20 Å². The van der Waals surface area contributed by atoms with Gasteiger partial charge < -0.3 is 24.6 Å². The predicted molar refractivity (Wildman–Crippen MR) is 126 cm³/mol. The average Bonchev–Trinajstić information content (AvgIpc) is 2.86. The van der Waals surface area contributed by atoms with Gasteiger partial charge in [-0.1, -0.05) is 18.5 Å². The number of methoxy groups -OCH3 is 1. The van der Waals surface area contributed by atoms with Gasteiger partial charge in [-0.05, 0) is 18.6 Å². The number of phenols is 1. The van der Waals surface area contributed by atoms with Gasteiger partial charge in [-0.25, -0.2) is 4.39 Å². The first kappa shape index (κ1) is 23.8. The van der Waals surface area contributed by atoms with Crippen LogP contribution in [0.2, 0.25) is 5.02 Å². The largest absolute Gasteiger partial charge is 0.506 e. The number of hydrogen-bond acceptors (Lipinski definition) is 8. The highest BCUT2D eigenvalue weighted by atomic mass is 35.5. The third-order valence-electron chi connectivity index (χ3n) is 5.64. The number of nitrogens with one attached hydrogen (secondary N) is 1. The van der Waals surface area contributed by atoms with Crippen LogP contribution in [0.15, 0.2) is 30.5 Å². The number of aromatic nitrogens is 1. The van der Waals surface area contributed by atoms with Crippen LogP contribution in [0.1, 0.15) is 18.9 Å². The van der Waals surface area contributed by atoms with Gasteiger partial charge >= 0.3 is 0 Å². The molecule has 0 bridgehead atoms. The van der Waals surface area contributed by atoms with E-state index >= 15 is 0 Å². The van der Waals surface area contributed by atoms with Crippen molar-refractivity contribution in [1.82, 2.24) is 9.88 Å². The Balaban J connectivity index is 1.79. The molecule has 3 aromatic rings. The molecule has 1 fully saturated rings. The van der Waals surface area contributed by atoms with Crippen LogP contribution in [-0.4, -0.2) is 54.6 Å². The Morgan fingerprint density at radius 1 is 1.29 bits per heavy atom. The first-order valence-electron chi connectivity index (χ1n) is 10.8. The van der Waals surface area contributed by atoms with E-state index in [-0.39, 0.29) is 28.3 Å². The van der Waals surface area contributed by atoms with Gasteiger partial charge in [-0.3, -0.25) is 9.88 Å². The number of pyridine rings is 1. The molecule has 0 aliphatic carbocycles. The molecular formula is C24H24ClFN4O4. The first-order chi connectivity index (χ1) is 16.4. The highest BCUT2D eigenvalue weighted by molar-refractivity contribution is 6.32. The fourth-order valence-corrected chi connectivity index (χ4v) is 4.02. The Morgan fingerprint density at radius 3 is 2.74 bits per heavy atom. The van der Waals surface area contributed by atoms with Gasteiger partial charge in [0.1, 0.15) is 17.6 Å². The molecular weight excluding hydrogens is 463 g/mol. The molecule has 1 unspecified atom stereocenters. The summed E-state index contributed by atoms with van der Waals surface area (Å²) in [4.78, 5) is 6.55. The lowest BCUT2D eigenvalue weighted by molar-refractivity contribution is -0.0475. The van der Waals surface area contributed by atoms with Crippen LogP contribution in [-0.2, 0) is 4.74 Å². The third kappa shape index (κ3) is 4.80. The summed E-state index contributed by atoms with van der Waals surface area (Å²) in [7, 11) is 1.54. The quantitative estimate of drug-likeness (QED) is 0.491. The molecule has 34 heavy (non-hydrogen) atoms. The van der Waals surface area contributed by atoms with Crippen LogP contribution in [0.5, 0.6) is 17.2 Å². The van der Waals surface area contributed by atoms with E-state index in [0.29, 0.717) is 41.3 Å². The van der Waals surface area contributed by atoms with Crippen LogP contribution >= 0.6 is 11.6 Å². The zero-order chi connectivity index (χ0) is 24.2. The lowest BCUT2D eigenvalue weighted by Crippen LogP contribution is -2.46. The van der Waals surface area contributed by atoms with Gasteiger partial charge in [0.05, 0.1) is 47.8 Å². The maximum atomic E-state index is 14.6. The number of nitrogens with zero attached hydrogens (tertiary/aromatic N) is 3. The van der Waals surface area contributed by atoms with Crippen LogP contribution in [0.4, 0.5) is 15.8 Å². The van der Waals surface area contributed by atoms with Crippen molar-refractivity contribution in [2.45, 2.75) is 19.6 Å². The first-order valence-corrected chi connectivity index (χ1v) is 11.2. The summed E-state index contributed by atoms with van der Waals surface area (Å²) >= 11 is 5.80. The molecule has 8 nitrogen and oxygen atoms in total. The molecule has 1 aromatic heterocycles. The highest BCUT2D eigenvalue weighted by Crippen LogP contribution is 2.39. The van der Waals surface area contributed by atoms with Crippen LogP contribution in [0.25, 0.3) is 10.9 Å². The fraction of sp³-hybridized carbons (Fsp3) is 0.333. The van der Waals surface area contributed by atoms with E-state index in [4.69, 9.17) is 25.8 Å². The maximum Gasteiger partial charge on any atom is 0.164 e. The Kier molecular flexibility index (Phi) is 7.22. The molecule has 4 rings (SSSR count). The smallest absolute Gasteiger partial charge is 0.164 e. The Labute approximate surface area is 201 Å². The minimum absolute atomic E-state index is 0.0380. The second kappa shape index (κ2) is 10.3. The van der Waals surface area contributed by atoms with Crippen LogP contribution in [0.3, 0.4) is 0 Å². The molecule has 2 aromatic carbocycles. The van der Waals surface area contributed by atoms with Gasteiger partial charge in [0, 0.05) is 36.8 Å². The number of phenolic OH excluding ortho intramolecular Hbond substituents is 1. The monoisotopic (exact) mass is 486 g/mol. The topological polar surface area (TPSA) is 99.9 Å². The standard InChI is InChI=1S/C24H24ClFN4O4/c1-3-23(30-4-6-33-7-5-30)34-22-8-15-18(11-21(22)32-2)28-13-14(12-27)24(15)29-19-10-20(31)16(25)9-17(19)26/h8-11,13,23,31H,3-7H2,1-2H3,(H,28,29). The van der Waals surface area contributed by atoms with E-state index < -0.39 is 5.82 Å². The van der Waals surface area contributed by atoms with Gasteiger partial charge in [0.25, 0.3) is 0 Å². The summed E-state index contributed by atoms with van der Waals surface area (Å²) in [5, 5.41) is 23.0. The Hall–Kier alpha value is -3.32. The van der Waals surface area contributed by atoms with Crippen molar-refractivity contribution in [2.24, 2.45) is 0 Å². The summed E-state index contributed by atoms with van der Waals surface area (Å²) in [6.07, 6.45) is 1.92. The Bertz CT molecular complexity index is 1240. The second-order valence-electron chi connectivity index (χ2n) is 7.72. The molecule has 1 saturated heterocycles. The minimum Gasteiger partial charge on any atom is -0.506 e. The van der Waals surface area contributed by atoms with Gasteiger partial charge in [0.15, 0.2) is 17.7 Å². The maximum absolute atomic E-state index is 14.6. The average molecular weight is 487 g/mol. The summed E-state index contributed by atoms with van der Waals surface area (Å²) < 4.78 is 31.9. The number of morpholine rings is 1. The molecule has 178 valence electrons. The number of ether oxygens (including phenoxy) is 3. The molecule has 2 heterocycles. The van der Waals surface area contributed by atoms with Crippen LogP contribution < -0.4 is 14.8 Å². The van der Waals surface area contributed by atoms with E-state index in [9.17, 15) is 14.8 Å². The van der Waals surface area contributed by atoms with Gasteiger partial charge in [-0.2, -0.15) is 5.26 Å². The number of hydrogen-bond donors (Lipinski definition) is 2. The zero-order valence-electron chi connectivity index (χ0n) is 18.8. The minimum atomic E-state index is -0.681. The van der Waals surface area contributed by atoms with E-state index in [0.717, 1.165) is 31.6 Å². The number of anilines is 2. The molecule has 0 radical (unpaired) electrons. The molecule has 0 saturated carbocycles. The molecule has 1 aliphatic heterocycles. The van der Waals surface area contributed by atoms with Gasteiger partial charge in [0.2, 0.25) is 0 Å². The SMILES string of the molecule is CCC(Oc1cc2c(Nc3cc(O)c(Cl)cc3F)c(C#N)cnc2cc1OC)N1CCOCC1. The van der Waals surface area contributed by atoms with Crippen molar-refractivity contribution in [3.63, 3.8) is 0 Å². The number of aromatic hydroxyl groups is 1. The van der Waals surface area contributed by atoms with Crippen molar-refractivity contribution < 1.29 is 23.7 Å². The van der Waals surface area contributed by atoms with Crippen molar-refractivity contribution in [3.8, 4) is 23.3 Å². The van der Waals surface area contributed by atoms with Gasteiger partial charge in [-0.15, -0.1) is 0 Å². The lowest BCUT2D eigenvalue weighted by atomic mass is 10.1. The van der Waals surface area contributed by atoms with Crippen molar-refractivity contribution >= 4 is 33.9 Å². The van der Waals surface area contributed by atoms with Crippen LogP contribution in [0, 0.1) is 17.1 Å². The molecule has 1 atom stereocenters. The van der Waals surface area contributed by atoms with E-state index in [2.05, 4.69) is 21.3 Å². The highest BCUT2D eigenvalue weighted by Gasteiger charge is 2.23. The molecule has 10 heteroatoms. The number of benzene rings is 2. The van der Waals surface area contributed by atoms with E-state index in [1.54, 1.807) is 19.2 Å². The molecule has 0 amide bonds. The Morgan fingerprint density at radius 2 is 2.06 bits per heavy atom. The summed E-state index contributed by atoms with van der Waals surface area (Å²) in [5.41, 5.74) is 0.991. The summed E-state index contributed by atoms with van der Waals surface area (Å²) in [6, 6.07) is 7.67. The van der Waals surface area contributed by atoms with E-state index in [1.807, 2.05) is 6.92 Å². The summed E-state index contributed by atoms with van der Waals surface area (Å²) in [6.45, 7) is 4.81. The van der Waals surface area contributed by atoms with Crippen molar-refractivity contribution in [3.05, 3.63) is 46.9 Å². The zero-order valence-corrected chi connectivity index (χ0v) is 19.5. The number of halogens is 2. The third-order valence-corrected chi connectivity index (χ3v) is 5.94. The fourth-order valence-electron chi connectivity index (χ4n) is 3.87. The lowest BCUT2D eigenvalue weighted by Gasteiger charge is -2.34. The normalized spacial score (nSPS) is 15.0. The van der Waals surface area contributed by atoms with Crippen molar-refractivity contribution in [1.29, 1.82) is 5.26 Å². The molecule has 0 spiro atoms. The predicted octanol–water partition coefficient (Wildman–Crippen LogP) is 4.80. The molecule has 2 N–H and O–H groups in total. The summed E-state index contributed by atoms with van der Waals surface area (Å²) in [5.74, 6) is -0.0187.